The first-order chi connectivity index (χ1) is 12.6. The van der Waals surface area contributed by atoms with Crippen LogP contribution >= 0.6 is 0 Å². The third kappa shape index (κ3) is 2.79. The number of rotatable bonds is 5. The van der Waals surface area contributed by atoms with Gasteiger partial charge in [0.2, 0.25) is 0 Å². The van der Waals surface area contributed by atoms with Crippen molar-refractivity contribution >= 4 is 6.47 Å². The van der Waals surface area contributed by atoms with Crippen LogP contribution < -0.4 is 4.74 Å². The van der Waals surface area contributed by atoms with Crippen LogP contribution in [0.5, 0.6) is 5.75 Å². The molecule has 0 aliphatic heterocycles. The first-order valence-corrected chi connectivity index (χ1v) is 10.5. The van der Waals surface area contributed by atoms with E-state index >= 15 is 0 Å². The molecule has 3 aliphatic rings. The van der Waals surface area contributed by atoms with Crippen molar-refractivity contribution < 1.29 is 14.6 Å². The standard InChI is InChI=1S/C23H32O3/c1-3-4-5-15-12-16-13-17(26-14-24)6-7-18(16)19-10-11-23(2)20(22(15)19)8-9-21(23)25/h6-7,13-15,19-22,25H,3-5,8-12H2,1-2H3. The second-order valence-corrected chi connectivity index (χ2v) is 9.11. The zero-order valence-corrected chi connectivity index (χ0v) is 16.1. The molecule has 1 N–H and O–H groups in total. The van der Waals surface area contributed by atoms with Crippen molar-refractivity contribution in [2.24, 2.45) is 23.2 Å². The number of fused-ring (bicyclic) bond motifs is 5. The average molecular weight is 357 g/mol. The predicted octanol–water partition coefficient (Wildman–Crippen LogP) is 4.86. The molecular weight excluding hydrogens is 324 g/mol. The van der Waals surface area contributed by atoms with E-state index in [1.54, 1.807) is 0 Å². The summed E-state index contributed by atoms with van der Waals surface area (Å²) in [6.45, 7) is 5.14. The number of aliphatic hydroxyl groups excluding tert-OH is 1. The molecule has 6 atom stereocenters. The highest BCUT2D eigenvalue weighted by Crippen LogP contribution is 2.62. The van der Waals surface area contributed by atoms with Crippen molar-refractivity contribution in [1.82, 2.24) is 0 Å². The summed E-state index contributed by atoms with van der Waals surface area (Å²) in [5, 5.41) is 10.7. The van der Waals surface area contributed by atoms with Crippen molar-refractivity contribution in [3.05, 3.63) is 29.3 Å². The smallest absolute Gasteiger partial charge is 0.298 e. The Balaban J connectivity index is 1.71. The summed E-state index contributed by atoms with van der Waals surface area (Å²) < 4.78 is 5.11. The van der Waals surface area contributed by atoms with Crippen LogP contribution in [0.3, 0.4) is 0 Å². The number of carbonyl (C=O) groups is 1. The van der Waals surface area contributed by atoms with Crippen molar-refractivity contribution in [3.8, 4) is 5.75 Å². The zero-order valence-electron chi connectivity index (χ0n) is 16.1. The number of hydrogen-bond acceptors (Lipinski definition) is 3. The summed E-state index contributed by atoms with van der Waals surface area (Å²) >= 11 is 0. The molecule has 0 radical (unpaired) electrons. The lowest BCUT2D eigenvalue weighted by Crippen LogP contribution is -2.47. The maximum absolute atomic E-state index is 10.7. The Morgan fingerprint density at radius 1 is 1.31 bits per heavy atom. The van der Waals surface area contributed by atoms with Gasteiger partial charge in [0.05, 0.1) is 6.10 Å². The van der Waals surface area contributed by atoms with Crippen molar-refractivity contribution in [3.63, 3.8) is 0 Å². The van der Waals surface area contributed by atoms with Crippen molar-refractivity contribution in [2.45, 2.75) is 77.2 Å². The van der Waals surface area contributed by atoms with Crippen LogP contribution in [0.4, 0.5) is 0 Å². The Hall–Kier alpha value is -1.35. The molecule has 3 aliphatic carbocycles. The molecule has 2 fully saturated rings. The van der Waals surface area contributed by atoms with E-state index in [4.69, 9.17) is 4.74 Å². The van der Waals surface area contributed by atoms with Gasteiger partial charge in [0.25, 0.3) is 6.47 Å². The molecule has 0 aromatic heterocycles. The van der Waals surface area contributed by atoms with E-state index in [9.17, 15) is 9.90 Å². The van der Waals surface area contributed by atoms with Gasteiger partial charge in [-0.15, -0.1) is 0 Å². The Morgan fingerprint density at radius 2 is 2.15 bits per heavy atom. The van der Waals surface area contributed by atoms with Gasteiger partial charge >= 0.3 is 0 Å². The lowest BCUT2D eigenvalue weighted by Gasteiger charge is -2.53. The fourth-order valence-corrected chi connectivity index (χ4v) is 6.62. The third-order valence-corrected chi connectivity index (χ3v) is 7.94. The second kappa shape index (κ2) is 6.99. The highest BCUT2D eigenvalue weighted by molar-refractivity contribution is 5.48. The molecule has 4 rings (SSSR count). The summed E-state index contributed by atoms with van der Waals surface area (Å²) in [7, 11) is 0. The Labute approximate surface area is 157 Å². The summed E-state index contributed by atoms with van der Waals surface area (Å²) in [6, 6.07) is 6.25. The van der Waals surface area contributed by atoms with Crippen LogP contribution in [0.2, 0.25) is 0 Å². The summed E-state index contributed by atoms with van der Waals surface area (Å²) in [6.07, 6.45) is 9.23. The summed E-state index contributed by atoms with van der Waals surface area (Å²) in [4.78, 5) is 10.7. The molecule has 2 saturated carbocycles. The maximum atomic E-state index is 10.7. The van der Waals surface area contributed by atoms with Gasteiger partial charge < -0.3 is 9.84 Å². The predicted molar refractivity (Wildman–Crippen MR) is 102 cm³/mol. The minimum absolute atomic E-state index is 0.115. The van der Waals surface area contributed by atoms with Gasteiger partial charge in [-0.05, 0) is 90.9 Å². The monoisotopic (exact) mass is 356 g/mol. The van der Waals surface area contributed by atoms with Gasteiger partial charge in [0, 0.05) is 0 Å². The van der Waals surface area contributed by atoms with E-state index in [0.717, 1.165) is 19.3 Å². The lowest BCUT2D eigenvalue weighted by atomic mass is 9.52. The molecule has 0 saturated heterocycles. The summed E-state index contributed by atoms with van der Waals surface area (Å²) in [5.41, 5.74) is 2.97. The molecule has 1 aromatic rings. The van der Waals surface area contributed by atoms with Crippen LogP contribution in [0.25, 0.3) is 0 Å². The van der Waals surface area contributed by atoms with Gasteiger partial charge in [-0.1, -0.05) is 32.8 Å². The Bertz CT molecular complexity index is 669. The first-order valence-electron chi connectivity index (χ1n) is 10.5. The molecule has 3 nitrogen and oxygen atoms in total. The van der Waals surface area contributed by atoms with Crippen LogP contribution in [0.15, 0.2) is 18.2 Å². The van der Waals surface area contributed by atoms with Gasteiger partial charge in [-0.25, -0.2) is 0 Å². The van der Waals surface area contributed by atoms with Crippen LogP contribution in [0, 0.1) is 23.2 Å². The van der Waals surface area contributed by atoms with E-state index in [1.165, 1.54) is 43.2 Å². The van der Waals surface area contributed by atoms with Crippen LogP contribution in [-0.2, 0) is 11.2 Å². The van der Waals surface area contributed by atoms with Gasteiger partial charge in [0.1, 0.15) is 5.75 Å². The number of unbranched alkanes of at least 4 members (excludes halogenated alkanes) is 1. The molecule has 0 spiro atoms. The fraction of sp³-hybridized carbons (Fsp3) is 0.696. The molecule has 6 unspecified atom stereocenters. The van der Waals surface area contributed by atoms with E-state index in [-0.39, 0.29) is 11.5 Å². The van der Waals surface area contributed by atoms with E-state index < -0.39 is 0 Å². The van der Waals surface area contributed by atoms with Crippen LogP contribution in [0.1, 0.15) is 75.8 Å². The lowest BCUT2D eigenvalue weighted by molar-refractivity contribution is -0.120. The molecule has 142 valence electrons. The van der Waals surface area contributed by atoms with Crippen molar-refractivity contribution in [2.75, 3.05) is 0 Å². The highest BCUT2D eigenvalue weighted by Gasteiger charge is 2.56. The van der Waals surface area contributed by atoms with Gasteiger partial charge in [-0.2, -0.15) is 0 Å². The SMILES string of the molecule is CCCCC1Cc2cc(OC=O)ccc2C2CCC3(C)C(O)CCC3C12. The van der Waals surface area contributed by atoms with Gasteiger partial charge in [-0.3, -0.25) is 4.79 Å². The minimum atomic E-state index is -0.120. The fourth-order valence-electron chi connectivity index (χ4n) is 6.62. The van der Waals surface area contributed by atoms with Crippen LogP contribution in [-0.4, -0.2) is 17.7 Å². The number of aliphatic hydroxyl groups is 1. The summed E-state index contributed by atoms with van der Waals surface area (Å²) in [5.74, 6) is 3.31. The molecule has 26 heavy (non-hydrogen) atoms. The van der Waals surface area contributed by atoms with E-state index in [0.29, 0.717) is 35.9 Å². The van der Waals surface area contributed by atoms with Crippen molar-refractivity contribution in [1.29, 1.82) is 0 Å². The third-order valence-electron chi connectivity index (χ3n) is 7.94. The van der Waals surface area contributed by atoms with E-state index in [2.05, 4.69) is 26.0 Å². The highest BCUT2D eigenvalue weighted by atomic mass is 16.5. The molecule has 0 bridgehead atoms. The minimum Gasteiger partial charge on any atom is -0.429 e. The number of benzene rings is 1. The first kappa shape index (κ1) is 18.0. The average Bonchev–Trinajstić information content (AvgIpc) is 2.94. The second-order valence-electron chi connectivity index (χ2n) is 9.11. The Morgan fingerprint density at radius 3 is 2.92 bits per heavy atom. The number of carbonyl (C=O) groups excluding carboxylic acids is 1. The molecule has 0 heterocycles. The number of ether oxygens (including phenoxy) is 1. The quantitative estimate of drug-likeness (QED) is 0.767. The molecule has 3 heteroatoms. The normalized spacial score (nSPS) is 38.2. The van der Waals surface area contributed by atoms with E-state index in [1.807, 2.05) is 6.07 Å². The molecule has 1 aromatic carbocycles. The maximum Gasteiger partial charge on any atom is 0.298 e. The van der Waals surface area contributed by atoms with Gasteiger partial charge in [0.15, 0.2) is 0 Å². The number of hydrogen-bond donors (Lipinski definition) is 1. The Kier molecular flexibility index (Phi) is 4.85. The molecule has 0 amide bonds. The zero-order chi connectivity index (χ0) is 18.3. The largest absolute Gasteiger partial charge is 0.429 e. The topological polar surface area (TPSA) is 46.5 Å². The molecular formula is C23H32O3.